The summed E-state index contributed by atoms with van der Waals surface area (Å²) in [6.07, 6.45) is 0. The van der Waals surface area contributed by atoms with Crippen LogP contribution in [0.4, 0.5) is 0 Å². The van der Waals surface area contributed by atoms with Crippen molar-refractivity contribution in [3.63, 3.8) is 0 Å². The van der Waals surface area contributed by atoms with Crippen LogP contribution >= 0.6 is 11.3 Å². The van der Waals surface area contributed by atoms with Crippen molar-refractivity contribution >= 4 is 22.2 Å². The lowest BCUT2D eigenvalue weighted by molar-refractivity contribution is 0.425. The molecule has 0 aliphatic carbocycles. The highest BCUT2D eigenvalue weighted by molar-refractivity contribution is 7.09. The molecule has 0 saturated heterocycles. The maximum absolute atomic E-state index is 11.8. The predicted molar refractivity (Wildman–Crippen MR) is 70.2 cm³/mol. The van der Waals surface area contributed by atoms with Crippen molar-refractivity contribution in [3.05, 3.63) is 67.6 Å². The van der Waals surface area contributed by atoms with Crippen LogP contribution in [0.5, 0.6) is 0 Å². The van der Waals surface area contributed by atoms with Gasteiger partial charge in [-0.3, -0.25) is 4.57 Å². The normalized spacial score (nSPS) is 10.9. The van der Waals surface area contributed by atoms with Gasteiger partial charge < -0.3 is 4.42 Å². The summed E-state index contributed by atoms with van der Waals surface area (Å²) in [6.45, 7) is 0.399. The van der Waals surface area contributed by atoms with Crippen LogP contribution in [0.15, 0.2) is 55.1 Å². The van der Waals surface area contributed by atoms with Crippen LogP contribution in [0.25, 0.3) is 10.9 Å². The Hall–Kier alpha value is -2.14. The zero-order valence-electron chi connectivity index (χ0n) is 9.33. The molecule has 3 aromatic rings. The average Bonchev–Trinajstić information content (AvgIpc) is 2.85. The minimum atomic E-state index is -0.616. The van der Waals surface area contributed by atoms with E-state index < -0.39 is 11.4 Å². The van der Waals surface area contributed by atoms with Gasteiger partial charge in [0, 0.05) is 10.8 Å². The van der Waals surface area contributed by atoms with Gasteiger partial charge in [0.15, 0.2) is 0 Å². The number of rotatable bonds is 2. The van der Waals surface area contributed by atoms with Gasteiger partial charge in [-0.1, -0.05) is 30.3 Å². The fraction of sp³-hybridized carbons (Fsp3) is 0.0769. The highest BCUT2D eigenvalue weighted by Gasteiger charge is 2.10. The van der Waals surface area contributed by atoms with Gasteiger partial charge in [0.25, 0.3) is 0 Å². The largest absolute Gasteiger partial charge is 0.422 e. The molecule has 0 fully saturated rings. The van der Waals surface area contributed by atoms with Gasteiger partial charge >= 0.3 is 11.4 Å². The first kappa shape index (κ1) is 11.0. The third-order valence-electron chi connectivity index (χ3n) is 2.74. The van der Waals surface area contributed by atoms with Crippen molar-refractivity contribution in [2.75, 3.05) is 0 Å². The molecule has 0 aliphatic heterocycles. The van der Waals surface area contributed by atoms with E-state index >= 15 is 0 Å². The second-order valence-electron chi connectivity index (χ2n) is 3.90. The molecule has 0 aliphatic rings. The van der Waals surface area contributed by atoms with Gasteiger partial charge in [0.1, 0.15) is 0 Å². The van der Waals surface area contributed by atoms with E-state index in [1.54, 1.807) is 10.8 Å². The summed E-state index contributed by atoms with van der Waals surface area (Å²) < 4.78 is 6.19. The number of fused-ring (bicyclic) bond motifs is 1. The average molecular weight is 259 g/mol. The highest BCUT2D eigenvalue weighted by Crippen LogP contribution is 2.14. The summed E-state index contributed by atoms with van der Waals surface area (Å²) in [7, 11) is 0. The minimum absolute atomic E-state index is 0.399. The monoisotopic (exact) mass is 259 g/mol. The molecule has 1 aromatic carbocycles. The molecule has 90 valence electrons. The van der Waals surface area contributed by atoms with Gasteiger partial charge in [-0.05, 0) is 5.56 Å². The second kappa shape index (κ2) is 4.27. The summed E-state index contributed by atoms with van der Waals surface area (Å²) in [5.41, 5.74) is 1.05. The molecule has 0 bridgehead atoms. The van der Waals surface area contributed by atoms with E-state index in [-0.39, 0.29) is 0 Å². The predicted octanol–water partition coefficient (Wildman–Crippen LogP) is 2.06. The van der Waals surface area contributed by atoms with Crippen LogP contribution < -0.4 is 11.4 Å². The Morgan fingerprint density at radius 3 is 2.67 bits per heavy atom. The smallest absolute Gasteiger partial charge is 0.372 e. The van der Waals surface area contributed by atoms with E-state index in [1.165, 1.54) is 15.9 Å². The van der Waals surface area contributed by atoms with E-state index in [4.69, 9.17) is 4.42 Å². The van der Waals surface area contributed by atoms with Crippen molar-refractivity contribution in [1.82, 2.24) is 4.57 Å². The molecule has 5 heteroatoms. The van der Waals surface area contributed by atoms with Crippen LogP contribution in [-0.4, -0.2) is 4.57 Å². The quantitative estimate of drug-likeness (QED) is 0.708. The lowest BCUT2D eigenvalue weighted by Crippen LogP contribution is -2.24. The van der Waals surface area contributed by atoms with Crippen LogP contribution in [0, 0.1) is 0 Å². The third-order valence-corrected chi connectivity index (χ3v) is 3.47. The molecular formula is C13H9NO3S. The standard InChI is InChI=1S/C13H9NO3S/c15-12-10-7-18-8-11(10)14(13(16)17-12)6-9-4-2-1-3-5-9/h1-5,7-8H,6H2. The van der Waals surface area contributed by atoms with Crippen molar-refractivity contribution in [1.29, 1.82) is 0 Å². The number of nitrogens with zero attached hydrogens (tertiary/aromatic N) is 1. The molecule has 0 atom stereocenters. The first-order valence-electron chi connectivity index (χ1n) is 5.39. The number of thiophene rings is 1. The topological polar surface area (TPSA) is 52.2 Å². The van der Waals surface area contributed by atoms with Crippen molar-refractivity contribution in [2.45, 2.75) is 6.54 Å². The number of hydrogen-bond acceptors (Lipinski definition) is 4. The summed E-state index contributed by atoms with van der Waals surface area (Å²) in [5, 5.41) is 3.94. The number of aromatic nitrogens is 1. The van der Waals surface area contributed by atoms with Crippen LogP contribution in [0.3, 0.4) is 0 Å². The third kappa shape index (κ3) is 1.78. The fourth-order valence-corrected chi connectivity index (χ4v) is 2.66. The summed E-state index contributed by atoms with van der Waals surface area (Å²) in [5.74, 6) is -0.616. The van der Waals surface area contributed by atoms with E-state index in [0.29, 0.717) is 17.4 Å². The van der Waals surface area contributed by atoms with Crippen LogP contribution in [0.2, 0.25) is 0 Å². The fourth-order valence-electron chi connectivity index (χ4n) is 1.86. The molecule has 3 rings (SSSR count). The van der Waals surface area contributed by atoms with Gasteiger partial charge in [0.2, 0.25) is 0 Å². The van der Waals surface area contributed by atoms with Crippen molar-refractivity contribution < 1.29 is 4.42 Å². The molecule has 0 radical (unpaired) electrons. The first-order valence-corrected chi connectivity index (χ1v) is 6.34. The van der Waals surface area contributed by atoms with E-state index in [9.17, 15) is 9.59 Å². The van der Waals surface area contributed by atoms with E-state index in [2.05, 4.69) is 0 Å². The molecule has 4 nitrogen and oxygen atoms in total. The number of hydrogen-bond donors (Lipinski definition) is 0. The van der Waals surface area contributed by atoms with Gasteiger partial charge in [-0.2, -0.15) is 0 Å². The minimum Gasteiger partial charge on any atom is -0.372 e. The van der Waals surface area contributed by atoms with E-state index in [1.807, 2.05) is 30.3 Å². The molecule has 0 amide bonds. The molecule has 0 unspecified atom stereocenters. The summed E-state index contributed by atoms with van der Waals surface area (Å²) >= 11 is 1.38. The zero-order chi connectivity index (χ0) is 12.5. The summed E-state index contributed by atoms with van der Waals surface area (Å²) in [6, 6.07) is 9.58. The Morgan fingerprint density at radius 2 is 1.89 bits per heavy atom. The maximum Gasteiger partial charge on any atom is 0.422 e. The Kier molecular flexibility index (Phi) is 2.60. The molecule has 2 heterocycles. The Labute approximate surface area is 106 Å². The van der Waals surface area contributed by atoms with Crippen LogP contribution in [0.1, 0.15) is 5.56 Å². The van der Waals surface area contributed by atoms with Gasteiger partial charge in [-0.15, -0.1) is 11.3 Å². The number of benzene rings is 1. The molecule has 2 aromatic heterocycles. The Bertz CT molecular complexity index is 798. The molecular weight excluding hydrogens is 250 g/mol. The van der Waals surface area contributed by atoms with Gasteiger partial charge in [-0.25, -0.2) is 9.59 Å². The molecule has 0 saturated carbocycles. The van der Waals surface area contributed by atoms with Gasteiger partial charge in [0.05, 0.1) is 17.4 Å². The zero-order valence-corrected chi connectivity index (χ0v) is 10.1. The molecule has 0 N–H and O–H groups in total. The van der Waals surface area contributed by atoms with Crippen LogP contribution in [-0.2, 0) is 6.54 Å². The first-order chi connectivity index (χ1) is 8.75. The lowest BCUT2D eigenvalue weighted by atomic mass is 10.2. The Balaban J connectivity index is 2.21. The Morgan fingerprint density at radius 1 is 1.11 bits per heavy atom. The maximum atomic E-state index is 11.8. The highest BCUT2D eigenvalue weighted by atomic mass is 32.1. The van der Waals surface area contributed by atoms with Crippen molar-refractivity contribution in [2.24, 2.45) is 0 Å². The SMILES string of the molecule is O=c1oc(=O)n(Cc2ccccc2)c2cscc12. The van der Waals surface area contributed by atoms with Crippen molar-refractivity contribution in [3.8, 4) is 0 Å². The molecule has 18 heavy (non-hydrogen) atoms. The van der Waals surface area contributed by atoms with E-state index in [0.717, 1.165) is 5.56 Å². The second-order valence-corrected chi connectivity index (χ2v) is 4.64. The lowest BCUT2D eigenvalue weighted by Gasteiger charge is -2.05. The summed E-state index contributed by atoms with van der Waals surface area (Å²) in [4.78, 5) is 23.2. The molecule has 0 spiro atoms.